The monoisotopic (exact) mass is 243 g/mol. The van der Waals surface area contributed by atoms with Gasteiger partial charge in [-0.3, -0.25) is 4.98 Å². The van der Waals surface area contributed by atoms with E-state index in [1.807, 2.05) is 43.5 Å². The third kappa shape index (κ3) is 3.08. The summed E-state index contributed by atoms with van der Waals surface area (Å²) < 4.78 is 5.77. The molecule has 2 rings (SSSR count). The zero-order valence-corrected chi connectivity index (χ0v) is 10.5. The summed E-state index contributed by atoms with van der Waals surface area (Å²) in [6, 6.07) is 9.74. The van der Waals surface area contributed by atoms with Crippen molar-refractivity contribution in [3.8, 4) is 5.75 Å². The Morgan fingerprint density at radius 1 is 1.22 bits per heavy atom. The van der Waals surface area contributed by atoms with E-state index in [-0.39, 0.29) is 6.61 Å². The molecule has 0 saturated carbocycles. The fourth-order valence-electron chi connectivity index (χ4n) is 1.86. The van der Waals surface area contributed by atoms with E-state index >= 15 is 0 Å². The van der Waals surface area contributed by atoms with Crippen LogP contribution in [0.3, 0.4) is 0 Å². The van der Waals surface area contributed by atoms with Crippen molar-refractivity contribution in [2.24, 2.45) is 0 Å². The summed E-state index contributed by atoms with van der Waals surface area (Å²) in [4.78, 5) is 4.07. The van der Waals surface area contributed by atoms with Crippen molar-refractivity contribution < 1.29 is 9.84 Å². The molecule has 0 fully saturated rings. The summed E-state index contributed by atoms with van der Waals surface area (Å²) in [5.74, 6) is 0.795. The molecule has 0 amide bonds. The van der Waals surface area contributed by atoms with Gasteiger partial charge in [0.1, 0.15) is 5.75 Å². The summed E-state index contributed by atoms with van der Waals surface area (Å²) in [6.07, 6.45) is 4.41. The van der Waals surface area contributed by atoms with Crippen LogP contribution in [0.2, 0.25) is 0 Å². The molecule has 94 valence electrons. The van der Waals surface area contributed by atoms with E-state index in [0.717, 1.165) is 28.9 Å². The highest BCUT2D eigenvalue weighted by Gasteiger charge is 2.05. The Balaban J connectivity index is 1.98. The minimum atomic E-state index is 0.00387. The zero-order chi connectivity index (χ0) is 12.8. The molecule has 0 spiro atoms. The summed E-state index contributed by atoms with van der Waals surface area (Å²) in [7, 11) is 0. The van der Waals surface area contributed by atoms with Crippen LogP contribution in [0.4, 0.5) is 0 Å². The molecule has 0 aliphatic rings. The minimum absolute atomic E-state index is 0.00387. The summed E-state index contributed by atoms with van der Waals surface area (Å²) in [6.45, 7) is 2.58. The summed E-state index contributed by atoms with van der Waals surface area (Å²) in [5, 5.41) is 9.27. The van der Waals surface area contributed by atoms with Gasteiger partial charge in [0, 0.05) is 24.4 Å². The number of hydrogen-bond acceptors (Lipinski definition) is 3. The molecule has 0 radical (unpaired) electrons. The van der Waals surface area contributed by atoms with E-state index in [0.29, 0.717) is 6.61 Å². The molecular formula is C15H17NO2. The van der Waals surface area contributed by atoms with E-state index < -0.39 is 0 Å². The number of aliphatic hydroxyl groups excluding tert-OH is 1. The lowest BCUT2D eigenvalue weighted by atomic mass is 10.1. The Bertz CT molecular complexity index is 497. The van der Waals surface area contributed by atoms with Crippen molar-refractivity contribution in [1.29, 1.82) is 0 Å². The van der Waals surface area contributed by atoms with Crippen molar-refractivity contribution in [3.05, 3.63) is 59.4 Å². The van der Waals surface area contributed by atoms with Gasteiger partial charge in [0.25, 0.3) is 0 Å². The average Bonchev–Trinajstić information content (AvgIpc) is 2.41. The first-order chi connectivity index (χ1) is 8.81. The van der Waals surface area contributed by atoms with Crippen molar-refractivity contribution in [1.82, 2.24) is 4.98 Å². The number of rotatable bonds is 5. The standard InChI is InChI=1S/C15H17NO2/c1-12-4-2-6-14(11-17)15(12)18-9-7-13-5-3-8-16-10-13/h2-6,8,10,17H,7,9,11H2,1H3. The number of ether oxygens (including phenoxy) is 1. The van der Waals surface area contributed by atoms with Crippen LogP contribution < -0.4 is 4.74 Å². The smallest absolute Gasteiger partial charge is 0.127 e. The van der Waals surface area contributed by atoms with E-state index in [4.69, 9.17) is 4.74 Å². The molecule has 2 aromatic rings. The van der Waals surface area contributed by atoms with Crippen molar-refractivity contribution in [2.75, 3.05) is 6.61 Å². The van der Waals surface area contributed by atoms with Crippen LogP contribution >= 0.6 is 0 Å². The molecule has 3 nitrogen and oxygen atoms in total. The van der Waals surface area contributed by atoms with Gasteiger partial charge in [-0.05, 0) is 24.1 Å². The highest BCUT2D eigenvalue weighted by molar-refractivity contribution is 5.40. The third-order valence-electron chi connectivity index (χ3n) is 2.82. The first-order valence-corrected chi connectivity index (χ1v) is 6.02. The second-order valence-corrected chi connectivity index (χ2v) is 4.18. The van der Waals surface area contributed by atoms with Crippen LogP contribution in [0.5, 0.6) is 5.75 Å². The van der Waals surface area contributed by atoms with Gasteiger partial charge in [-0.1, -0.05) is 24.3 Å². The van der Waals surface area contributed by atoms with Crippen LogP contribution in [0, 0.1) is 6.92 Å². The number of benzene rings is 1. The fourth-order valence-corrected chi connectivity index (χ4v) is 1.86. The highest BCUT2D eigenvalue weighted by atomic mass is 16.5. The molecule has 0 bridgehead atoms. The number of nitrogens with zero attached hydrogens (tertiary/aromatic N) is 1. The van der Waals surface area contributed by atoms with Gasteiger partial charge in [0.2, 0.25) is 0 Å². The molecule has 1 N–H and O–H groups in total. The number of aromatic nitrogens is 1. The van der Waals surface area contributed by atoms with E-state index in [9.17, 15) is 5.11 Å². The third-order valence-corrected chi connectivity index (χ3v) is 2.82. The fraction of sp³-hybridized carbons (Fsp3) is 0.267. The maximum Gasteiger partial charge on any atom is 0.127 e. The summed E-state index contributed by atoms with van der Waals surface area (Å²) >= 11 is 0. The molecule has 0 saturated heterocycles. The number of hydrogen-bond donors (Lipinski definition) is 1. The maximum absolute atomic E-state index is 9.27. The average molecular weight is 243 g/mol. The maximum atomic E-state index is 9.27. The second kappa shape index (κ2) is 6.17. The topological polar surface area (TPSA) is 42.4 Å². The largest absolute Gasteiger partial charge is 0.493 e. The second-order valence-electron chi connectivity index (χ2n) is 4.18. The molecule has 1 aromatic heterocycles. The van der Waals surface area contributed by atoms with Crippen molar-refractivity contribution in [3.63, 3.8) is 0 Å². The van der Waals surface area contributed by atoms with E-state index in [1.165, 1.54) is 0 Å². The predicted molar refractivity (Wildman–Crippen MR) is 70.5 cm³/mol. The number of aliphatic hydroxyl groups is 1. The number of pyridine rings is 1. The molecule has 0 atom stereocenters. The first-order valence-electron chi connectivity index (χ1n) is 6.02. The van der Waals surface area contributed by atoms with Gasteiger partial charge in [-0.25, -0.2) is 0 Å². The minimum Gasteiger partial charge on any atom is -0.493 e. The highest BCUT2D eigenvalue weighted by Crippen LogP contribution is 2.23. The molecule has 1 aromatic carbocycles. The lowest BCUT2D eigenvalue weighted by Gasteiger charge is -2.12. The zero-order valence-electron chi connectivity index (χ0n) is 10.5. The van der Waals surface area contributed by atoms with E-state index in [1.54, 1.807) is 6.20 Å². The van der Waals surface area contributed by atoms with Gasteiger partial charge in [0.15, 0.2) is 0 Å². The molecule has 0 aliphatic carbocycles. The lowest BCUT2D eigenvalue weighted by Crippen LogP contribution is -2.05. The van der Waals surface area contributed by atoms with Gasteiger partial charge in [0.05, 0.1) is 13.2 Å². The lowest BCUT2D eigenvalue weighted by molar-refractivity contribution is 0.263. The van der Waals surface area contributed by atoms with Crippen LogP contribution in [-0.2, 0) is 13.0 Å². The van der Waals surface area contributed by atoms with Crippen molar-refractivity contribution >= 4 is 0 Å². The number of aryl methyl sites for hydroxylation is 1. The number of para-hydroxylation sites is 1. The van der Waals surface area contributed by atoms with Crippen LogP contribution in [0.1, 0.15) is 16.7 Å². The normalized spacial score (nSPS) is 10.3. The molecule has 1 heterocycles. The Kier molecular flexibility index (Phi) is 4.31. The predicted octanol–water partition coefficient (Wildman–Crippen LogP) is 2.50. The van der Waals surface area contributed by atoms with Crippen LogP contribution in [0.25, 0.3) is 0 Å². The van der Waals surface area contributed by atoms with E-state index in [2.05, 4.69) is 4.98 Å². The van der Waals surface area contributed by atoms with Crippen molar-refractivity contribution in [2.45, 2.75) is 20.0 Å². The van der Waals surface area contributed by atoms with Gasteiger partial charge in [-0.15, -0.1) is 0 Å². The Morgan fingerprint density at radius 3 is 2.83 bits per heavy atom. The van der Waals surface area contributed by atoms with Gasteiger partial charge >= 0.3 is 0 Å². The molecule has 18 heavy (non-hydrogen) atoms. The SMILES string of the molecule is Cc1cccc(CO)c1OCCc1cccnc1. The first kappa shape index (κ1) is 12.6. The molecule has 0 unspecified atom stereocenters. The Hall–Kier alpha value is -1.87. The molecular weight excluding hydrogens is 226 g/mol. The van der Waals surface area contributed by atoms with Gasteiger partial charge in [-0.2, -0.15) is 0 Å². The van der Waals surface area contributed by atoms with Crippen LogP contribution in [0.15, 0.2) is 42.7 Å². The van der Waals surface area contributed by atoms with Gasteiger partial charge < -0.3 is 9.84 Å². The van der Waals surface area contributed by atoms with Crippen LogP contribution in [-0.4, -0.2) is 16.7 Å². The molecule has 0 aliphatic heterocycles. The molecule has 3 heteroatoms. The Labute approximate surface area is 107 Å². The Morgan fingerprint density at radius 2 is 2.11 bits per heavy atom. The quantitative estimate of drug-likeness (QED) is 0.877. The summed E-state index contributed by atoms with van der Waals surface area (Å²) in [5.41, 5.74) is 3.03.